The highest BCUT2D eigenvalue weighted by atomic mass is 35.5. The molecule has 2 aromatic rings. The number of sulfonamides is 1. The zero-order chi connectivity index (χ0) is 19.3. The Labute approximate surface area is 162 Å². The van der Waals surface area contributed by atoms with Crippen LogP contribution in [0, 0.1) is 11.3 Å². The SMILES string of the molecule is N#C/C(=N\Nc1ccc(Cl)c(S(=O)(=O)N2CCOCC2)c1)c1ccccn1. The molecule has 140 valence electrons. The minimum Gasteiger partial charge on any atom is -0.379 e. The monoisotopic (exact) mass is 405 g/mol. The molecule has 1 N–H and O–H groups in total. The summed E-state index contributed by atoms with van der Waals surface area (Å²) in [5.41, 5.74) is 3.56. The third kappa shape index (κ3) is 4.43. The number of aromatic nitrogens is 1. The summed E-state index contributed by atoms with van der Waals surface area (Å²) in [5, 5.41) is 13.4. The van der Waals surface area contributed by atoms with Crippen molar-refractivity contribution < 1.29 is 13.2 Å². The molecule has 1 aliphatic rings. The van der Waals surface area contributed by atoms with Crippen LogP contribution in [0.15, 0.2) is 52.6 Å². The lowest BCUT2D eigenvalue weighted by Crippen LogP contribution is -2.40. The van der Waals surface area contributed by atoms with Gasteiger partial charge in [-0.15, -0.1) is 0 Å². The first-order valence-corrected chi connectivity index (χ1v) is 9.87. The number of ether oxygens (including phenoxy) is 1. The number of benzene rings is 1. The number of hydrazone groups is 1. The molecule has 0 atom stereocenters. The van der Waals surface area contributed by atoms with E-state index in [0.717, 1.165) is 0 Å². The van der Waals surface area contributed by atoms with Gasteiger partial charge in [0.2, 0.25) is 10.0 Å². The summed E-state index contributed by atoms with van der Waals surface area (Å²) in [5.74, 6) is 0. The molecule has 2 heterocycles. The normalized spacial score (nSPS) is 15.9. The molecule has 1 aromatic carbocycles. The minimum atomic E-state index is -3.76. The fraction of sp³-hybridized carbons (Fsp3) is 0.235. The lowest BCUT2D eigenvalue weighted by molar-refractivity contribution is 0.0730. The van der Waals surface area contributed by atoms with Gasteiger partial charge in [-0.2, -0.15) is 14.7 Å². The molecular weight excluding hydrogens is 390 g/mol. The Bertz CT molecular complexity index is 983. The van der Waals surface area contributed by atoms with E-state index in [1.807, 2.05) is 6.07 Å². The Morgan fingerprint density at radius 1 is 1.30 bits per heavy atom. The number of anilines is 1. The van der Waals surface area contributed by atoms with Crippen molar-refractivity contribution >= 4 is 33.0 Å². The van der Waals surface area contributed by atoms with Crippen molar-refractivity contribution in [1.29, 1.82) is 5.26 Å². The molecule has 0 bridgehead atoms. The summed E-state index contributed by atoms with van der Waals surface area (Å²) in [6, 6.07) is 11.5. The van der Waals surface area contributed by atoms with Crippen LogP contribution < -0.4 is 5.43 Å². The van der Waals surface area contributed by atoms with E-state index >= 15 is 0 Å². The lowest BCUT2D eigenvalue weighted by atomic mass is 10.2. The second-order valence-corrected chi connectivity index (χ2v) is 7.87. The number of halogens is 1. The number of pyridine rings is 1. The average molecular weight is 406 g/mol. The van der Waals surface area contributed by atoms with Gasteiger partial charge in [0, 0.05) is 19.3 Å². The summed E-state index contributed by atoms with van der Waals surface area (Å²) in [4.78, 5) is 4.04. The molecule has 0 spiro atoms. The van der Waals surface area contributed by atoms with E-state index in [2.05, 4.69) is 15.5 Å². The molecule has 10 heteroatoms. The largest absolute Gasteiger partial charge is 0.379 e. The van der Waals surface area contributed by atoms with Gasteiger partial charge in [0.05, 0.1) is 23.9 Å². The molecule has 0 aliphatic carbocycles. The predicted octanol–water partition coefficient (Wildman–Crippen LogP) is 2.10. The molecular formula is C17H16ClN5O3S. The summed E-state index contributed by atoms with van der Waals surface area (Å²) in [7, 11) is -3.76. The van der Waals surface area contributed by atoms with Gasteiger partial charge < -0.3 is 4.74 Å². The summed E-state index contributed by atoms with van der Waals surface area (Å²) >= 11 is 6.12. The molecule has 8 nitrogen and oxygen atoms in total. The van der Waals surface area contributed by atoms with E-state index in [-0.39, 0.29) is 28.7 Å². The highest BCUT2D eigenvalue weighted by Crippen LogP contribution is 2.28. The summed E-state index contributed by atoms with van der Waals surface area (Å²) in [6.45, 7) is 1.23. The molecule has 0 unspecified atom stereocenters. The van der Waals surface area contributed by atoms with Crippen LogP contribution in [0.25, 0.3) is 0 Å². The predicted molar refractivity (Wildman–Crippen MR) is 101 cm³/mol. The van der Waals surface area contributed by atoms with Gasteiger partial charge >= 0.3 is 0 Å². The van der Waals surface area contributed by atoms with Gasteiger partial charge in [0.25, 0.3) is 0 Å². The van der Waals surface area contributed by atoms with Crippen molar-refractivity contribution in [2.75, 3.05) is 31.7 Å². The van der Waals surface area contributed by atoms with Crippen molar-refractivity contribution in [3.05, 3.63) is 53.3 Å². The van der Waals surface area contributed by atoms with Crippen LogP contribution in [0.1, 0.15) is 5.69 Å². The van der Waals surface area contributed by atoms with E-state index in [4.69, 9.17) is 16.3 Å². The first-order chi connectivity index (χ1) is 13.0. The van der Waals surface area contributed by atoms with Crippen LogP contribution >= 0.6 is 11.6 Å². The fourth-order valence-corrected chi connectivity index (χ4v) is 4.37. The van der Waals surface area contributed by atoms with Crippen molar-refractivity contribution in [3.8, 4) is 6.07 Å². The third-order valence-corrected chi connectivity index (χ3v) is 6.21. The number of hydrogen-bond donors (Lipinski definition) is 1. The number of nitrogens with one attached hydrogen (secondary N) is 1. The third-order valence-electron chi connectivity index (χ3n) is 3.83. The molecule has 3 rings (SSSR count). The number of hydrogen-bond acceptors (Lipinski definition) is 7. The van der Waals surface area contributed by atoms with Crippen molar-refractivity contribution in [2.45, 2.75) is 4.90 Å². The van der Waals surface area contributed by atoms with E-state index in [1.54, 1.807) is 30.5 Å². The molecule has 0 saturated carbocycles. The maximum Gasteiger partial charge on any atom is 0.244 e. The van der Waals surface area contributed by atoms with Crippen LogP contribution in [0.3, 0.4) is 0 Å². The molecule has 27 heavy (non-hydrogen) atoms. The van der Waals surface area contributed by atoms with Crippen LogP contribution in [-0.2, 0) is 14.8 Å². The van der Waals surface area contributed by atoms with Crippen molar-refractivity contribution in [2.24, 2.45) is 5.10 Å². The topological polar surface area (TPSA) is 108 Å². The number of morpholine rings is 1. The molecule has 0 radical (unpaired) electrons. The lowest BCUT2D eigenvalue weighted by Gasteiger charge is -2.26. The van der Waals surface area contributed by atoms with Crippen molar-refractivity contribution in [1.82, 2.24) is 9.29 Å². The number of rotatable bonds is 5. The standard InChI is InChI=1S/C17H16ClN5O3S/c18-14-5-4-13(21-22-16(12-19)15-3-1-2-6-20-15)11-17(14)27(24,25)23-7-9-26-10-8-23/h1-6,11,21H,7-10H2/b22-16+. The van der Waals surface area contributed by atoms with Gasteiger partial charge in [-0.1, -0.05) is 17.7 Å². The number of nitriles is 1. The zero-order valence-corrected chi connectivity index (χ0v) is 15.7. The quantitative estimate of drug-likeness (QED) is 0.602. The van der Waals surface area contributed by atoms with E-state index in [0.29, 0.717) is 24.6 Å². The highest BCUT2D eigenvalue weighted by Gasteiger charge is 2.28. The Kier molecular flexibility index (Phi) is 6.03. The van der Waals surface area contributed by atoms with Gasteiger partial charge in [-0.25, -0.2) is 8.42 Å². The van der Waals surface area contributed by atoms with Crippen LogP contribution in [-0.4, -0.2) is 49.7 Å². The zero-order valence-electron chi connectivity index (χ0n) is 14.2. The second-order valence-electron chi connectivity index (χ2n) is 5.56. The van der Waals surface area contributed by atoms with E-state index < -0.39 is 10.0 Å². The smallest absolute Gasteiger partial charge is 0.244 e. The Morgan fingerprint density at radius 3 is 2.74 bits per heavy atom. The van der Waals surface area contributed by atoms with Crippen molar-refractivity contribution in [3.63, 3.8) is 0 Å². The Hall–Kier alpha value is -2.51. The van der Waals surface area contributed by atoms with E-state index in [1.165, 1.54) is 16.4 Å². The summed E-state index contributed by atoms with van der Waals surface area (Å²) in [6.07, 6.45) is 1.55. The fourth-order valence-electron chi connectivity index (χ4n) is 2.46. The van der Waals surface area contributed by atoms with Gasteiger partial charge in [-0.3, -0.25) is 10.4 Å². The molecule has 1 aromatic heterocycles. The van der Waals surface area contributed by atoms with Crippen LogP contribution in [0.2, 0.25) is 5.02 Å². The summed E-state index contributed by atoms with van der Waals surface area (Å²) < 4.78 is 32.2. The molecule has 1 fully saturated rings. The maximum absolute atomic E-state index is 12.8. The number of nitrogens with zero attached hydrogens (tertiary/aromatic N) is 4. The highest BCUT2D eigenvalue weighted by molar-refractivity contribution is 7.89. The molecule has 1 aliphatic heterocycles. The van der Waals surface area contributed by atoms with Gasteiger partial charge in [0.15, 0.2) is 5.71 Å². The van der Waals surface area contributed by atoms with Gasteiger partial charge in [-0.05, 0) is 30.3 Å². The first kappa shape index (κ1) is 19.3. The van der Waals surface area contributed by atoms with Crippen LogP contribution in [0.4, 0.5) is 5.69 Å². The maximum atomic E-state index is 12.8. The second kappa shape index (κ2) is 8.45. The Morgan fingerprint density at radius 2 is 2.07 bits per heavy atom. The first-order valence-electron chi connectivity index (χ1n) is 8.05. The van der Waals surface area contributed by atoms with Gasteiger partial charge in [0.1, 0.15) is 16.7 Å². The average Bonchev–Trinajstić information content (AvgIpc) is 2.71. The van der Waals surface area contributed by atoms with Crippen LogP contribution in [0.5, 0.6) is 0 Å². The molecule has 0 amide bonds. The van der Waals surface area contributed by atoms with E-state index in [9.17, 15) is 13.7 Å². The Balaban J connectivity index is 1.87. The molecule has 1 saturated heterocycles. The minimum absolute atomic E-state index is 0.0254.